The van der Waals surface area contributed by atoms with Gasteiger partial charge in [0.2, 0.25) is 17.7 Å². The zero-order valence-electron chi connectivity index (χ0n) is 15.3. The molecule has 2 fully saturated rings. The summed E-state index contributed by atoms with van der Waals surface area (Å²) in [5.74, 6) is -0.680. The number of halogens is 1. The minimum atomic E-state index is -0.669. The number of hydrogen-bond donors (Lipinski definition) is 3. The molecule has 2 heterocycles. The van der Waals surface area contributed by atoms with Crippen LogP contribution >= 0.6 is 15.9 Å². The molecule has 0 aliphatic carbocycles. The Hall–Kier alpha value is -1.93. The molecule has 1 aromatic rings. The predicted octanol–water partition coefficient (Wildman–Crippen LogP) is 1.05. The van der Waals surface area contributed by atoms with E-state index in [4.69, 9.17) is 5.73 Å². The Balaban J connectivity index is 1.64. The Morgan fingerprint density at radius 2 is 1.96 bits per heavy atom. The number of carbonyl (C=O) groups excluding carboxylic acids is 3. The van der Waals surface area contributed by atoms with Crippen LogP contribution in [0.25, 0.3) is 0 Å². The van der Waals surface area contributed by atoms with E-state index in [0.717, 1.165) is 22.9 Å². The molecule has 2 aliphatic heterocycles. The molecule has 2 saturated heterocycles. The summed E-state index contributed by atoms with van der Waals surface area (Å²) in [5, 5.41) is 5.65. The quantitative estimate of drug-likeness (QED) is 0.641. The van der Waals surface area contributed by atoms with Crippen molar-refractivity contribution in [2.75, 3.05) is 0 Å². The summed E-state index contributed by atoms with van der Waals surface area (Å²) in [6.45, 7) is 1.98. The van der Waals surface area contributed by atoms with Gasteiger partial charge in [-0.25, -0.2) is 0 Å². The van der Waals surface area contributed by atoms with Gasteiger partial charge >= 0.3 is 0 Å². The lowest BCUT2D eigenvalue weighted by Gasteiger charge is -2.38. The number of hydrogen-bond acceptors (Lipinski definition) is 4. The lowest BCUT2D eigenvalue weighted by atomic mass is 9.97. The Morgan fingerprint density at radius 3 is 2.67 bits per heavy atom. The number of nitrogens with one attached hydrogen (secondary N) is 2. The Kier molecular flexibility index (Phi) is 6.16. The van der Waals surface area contributed by atoms with E-state index in [2.05, 4.69) is 26.6 Å². The second-order valence-corrected chi connectivity index (χ2v) is 8.08. The van der Waals surface area contributed by atoms with Crippen molar-refractivity contribution in [3.63, 3.8) is 0 Å². The number of nitrogens with two attached hydrogens (primary N) is 1. The third-order valence-electron chi connectivity index (χ3n) is 5.29. The van der Waals surface area contributed by atoms with E-state index in [-0.39, 0.29) is 23.8 Å². The zero-order chi connectivity index (χ0) is 19.6. The molecule has 0 spiro atoms. The van der Waals surface area contributed by atoms with E-state index in [1.807, 2.05) is 24.3 Å². The van der Waals surface area contributed by atoms with Crippen LogP contribution in [-0.2, 0) is 20.9 Å². The molecule has 0 saturated carbocycles. The molecule has 27 heavy (non-hydrogen) atoms. The van der Waals surface area contributed by atoms with Crippen LogP contribution in [0, 0.1) is 0 Å². The average molecular weight is 437 g/mol. The maximum Gasteiger partial charge on any atom is 0.246 e. The molecule has 1 aromatic carbocycles. The van der Waals surface area contributed by atoms with Gasteiger partial charge in [0.15, 0.2) is 0 Å². The fraction of sp³-hybridized carbons (Fsp3) is 0.526. The van der Waals surface area contributed by atoms with Crippen molar-refractivity contribution in [2.45, 2.75) is 63.3 Å². The van der Waals surface area contributed by atoms with Crippen molar-refractivity contribution in [1.82, 2.24) is 15.5 Å². The normalized spacial score (nSPS) is 25.7. The molecule has 3 amide bonds. The van der Waals surface area contributed by atoms with Crippen LogP contribution in [0.5, 0.6) is 0 Å². The fourth-order valence-electron chi connectivity index (χ4n) is 3.80. The molecule has 2 aliphatic rings. The van der Waals surface area contributed by atoms with Crippen LogP contribution in [0.2, 0.25) is 0 Å². The average Bonchev–Trinajstić information content (AvgIpc) is 3.08. The van der Waals surface area contributed by atoms with Crippen LogP contribution in [0.15, 0.2) is 28.7 Å². The van der Waals surface area contributed by atoms with E-state index in [9.17, 15) is 14.4 Å². The third-order valence-corrected chi connectivity index (χ3v) is 6.06. The van der Waals surface area contributed by atoms with E-state index in [0.29, 0.717) is 19.4 Å². The summed E-state index contributed by atoms with van der Waals surface area (Å²) in [6.07, 6.45) is 2.83. The Labute approximate surface area is 167 Å². The van der Waals surface area contributed by atoms with Crippen molar-refractivity contribution in [1.29, 1.82) is 0 Å². The van der Waals surface area contributed by atoms with Gasteiger partial charge in [-0.1, -0.05) is 34.1 Å². The molecule has 4 atom stereocenters. The van der Waals surface area contributed by atoms with Gasteiger partial charge in [-0.05, 0) is 44.2 Å². The summed E-state index contributed by atoms with van der Waals surface area (Å²) in [7, 11) is 0. The summed E-state index contributed by atoms with van der Waals surface area (Å²) >= 11 is 3.47. The Morgan fingerprint density at radius 1 is 1.26 bits per heavy atom. The summed E-state index contributed by atoms with van der Waals surface area (Å²) < 4.78 is 0.933. The molecule has 3 rings (SSSR count). The SMILES string of the molecule is C[C@H](N)C(=O)N[C@H]1CC[C@H]2CC[C@@H](C(=O)NCc3ccccc3Br)N2C1=O. The fourth-order valence-corrected chi connectivity index (χ4v) is 4.22. The van der Waals surface area contributed by atoms with Crippen molar-refractivity contribution in [2.24, 2.45) is 5.73 Å². The highest BCUT2D eigenvalue weighted by molar-refractivity contribution is 9.10. The Bertz CT molecular complexity index is 739. The molecule has 0 aromatic heterocycles. The number of carbonyl (C=O) groups is 3. The molecule has 7 nitrogen and oxygen atoms in total. The second kappa shape index (κ2) is 8.39. The van der Waals surface area contributed by atoms with Crippen LogP contribution < -0.4 is 16.4 Å². The van der Waals surface area contributed by atoms with Crippen LogP contribution in [0.4, 0.5) is 0 Å². The van der Waals surface area contributed by atoms with Gasteiger partial charge in [-0.15, -0.1) is 0 Å². The lowest BCUT2D eigenvalue weighted by Crippen LogP contribution is -2.59. The number of fused-ring (bicyclic) bond motifs is 1. The number of piperidine rings is 1. The lowest BCUT2D eigenvalue weighted by molar-refractivity contribution is -0.146. The minimum absolute atomic E-state index is 0.0696. The second-order valence-electron chi connectivity index (χ2n) is 7.23. The van der Waals surface area contributed by atoms with Crippen molar-refractivity contribution in [3.05, 3.63) is 34.3 Å². The molecule has 0 unspecified atom stereocenters. The number of benzene rings is 1. The van der Waals surface area contributed by atoms with Gasteiger partial charge in [0.05, 0.1) is 6.04 Å². The summed E-state index contributed by atoms with van der Waals surface area (Å²) in [4.78, 5) is 39.2. The molecule has 0 radical (unpaired) electrons. The molecular weight excluding hydrogens is 412 g/mol. The van der Waals surface area contributed by atoms with E-state index in [1.165, 1.54) is 0 Å². The molecular formula is C19H25BrN4O3. The standard InChI is InChI=1S/C19H25BrN4O3/c1-11(21)17(25)23-15-8-6-13-7-9-16(24(13)19(15)27)18(26)22-10-12-4-2-3-5-14(12)20/h2-5,11,13,15-16H,6-10,21H2,1H3,(H,22,26)(H,23,25)/t11-,13-,15-,16-/m0/s1. The first-order chi connectivity index (χ1) is 12.9. The van der Waals surface area contributed by atoms with Gasteiger partial charge in [-0.3, -0.25) is 14.4 Å². The van der Waals surface area contributed by atoms with Gasteiger partial charge in [0.25, 0.3) is 0 Å². The van der Waals surface area contributed by atoms with E-state index < -0.39 is 18.1 Å². The van der Waals surface area contributed by atoms with Crippen molar-refractivity contribution in [3.8, 4) is 0 Å². The van der Waals surface area contributed by atoms with Gasteiger partial charge < -0.3 is 21.3 Å². The largest absolute Gasteiger partial charge is 0.350 e. The van der Waals surface area contributed by atoms with Gasteiger partial charge in [0, 0.05) is 17.1 Å². The van der Waals surface area contributed by atoms with E-state index >= 15 is 0 Å². The molecule has 0 bridgehead atoms. The van der Waals surface area contributed by atoms with Gasteiger partial charge in [0.1, 0.15) is 12.1 Å². The molecule has 146 valence electrons. The first-order valence-corrected chi connectivity index (χ1v) is 10.1. The van der Waals surface area contributed by atoms with Crippen LogP contribution in [0.3, 0.4) is 0 Å². The maximum absolute atomic E-state index is 12.9. The maximum atomic E-state index is 12.9. The summed E-state index contributed by atoms with van der Waals surface area (Å²) in [6, 6.07) is 6.01. The van der Waals surface area contributed by atoms with Crippen molar-refractivity contribution < 1.29 is 14.4 Å². The smallest absolute Gasteiger partial charge is 0.246 e. The van der Waals surface area contributed by atoms with Crippen LogP contribution in [0.1, 0.15) is 38.2 Å². The van der Waals surface area contributed by atoms with Crippen LogP contribution in [-0.4, -0.2) is 46.8 Å². The number of nitrogens with zero attached hydrogens (tertiary/aromatic N) is 1. The highest BCUT2D eigenvalue weighted by Crippen LogP contribution is 2.32. The monoisotopic (exact) mass is 436 g/mol. The third kappa shape index (κ3) is 4.32. The molecule has 8 heteroatoms. The predicted molar refractivity (Wildman–Crippen MR) is 104 cm³/mol. The van der Waals surface area contributed by atoms with Gasteiger partial charge in [-0.2, -0.15) is 0 Å². The highest BCUT2D eigenvalue weighted by atomic mass is 79.9. The zero-order valence-corrected chi connectivity index (χ0v) is 16.9. The number of rotatable bonds is 5. The van der Waals surface area contributed by atoms with E-state index in [1.54, 1.807) is 11.8 Å². The van der Waals surface area contributed by atoms with Crippen molar-refractivity contribution >= 4 is 33.7 Å². The number of amides is 3. The molecule has 4 N–H and O–H groups in total. The first kappa shape index (κ1) is 19.8. The summed E-state index contributed by atoms with van der Waals surface area (Å²) in [5.41, 5.74) is 6.56. The minimum Gasteiger partial charge on any atom is -0.350 e. The highest BCUT2D eigenvalue weighted by Gasteiger charge is 2.46. The first-order valence-electron chi connectivity index (χ1n) is 9.27. The topological polar surface area (TPSA) is 105 Å².